The van der Waals surface area contributed by atoms with E-state index in [2.05, 4.69) is 4.74 Å². The maximum Gasteiger partial charge on any atom is 0.460 e. The molecule has 1 atom stereocenters. The van der Waals surface area contributed by atoms with Gasteiger partial charge in [-0.05, 0) is 79.9 Å². The van der Waals surface area contributed by atoms with Gasteiger partial charge in [-0.25, -0.2) is 4.39 Å². The summed E-state index contributed by atoms with van der Waals surface area (Å²) in [7, 11) is 0. The first-order valence-electron chi connectivity index (χ1n) is 7.35. The van der Waals surface area contributed by atoms with Crippen molar-refractivity contribution in [3.8, 4) is 5.75 Å². The van der Waals surface area contributed by atoms with E-state index in [0.29, 0.717) is 3.57 Å². The fourth-order valence-corrected chi connectivity index (χ4v) is 5.78. The smallest absolute Gasteiger partial charge is 0.458 e. The molecule has 0 aliphatic heterocycles. The Labute approximate surface area is 210 Å². The van der Waals surface area contributed by atoms with Gasteiger partial charge in [-0.15, -0.1) is 0 Å². The molecule has 0 aliphatic rings. The fourth-order valence-electron chi connectivity index (χ4n) is 1.94. The average molecular weight is 836 g/mol. The highest BCUT2D eigenvalue weighted by molar-refractivity contribution is 14.1. The summed E-state index contributed by atoms with van der Waals surface area (Å²) in [5.74, 6) is -38.5. The molecule has 0 bridgehead atoms. The third kappa shape index (κ3) is 5.24. The lowest BCUT2D eigenvalue weighted by molar-refractivity contribution is -0.441. The van der Waals surface area contributed by atoms with Crippen LogP contribution < -0.4 is 4.74 Å². The van der Waals surface area contributed by atoms with Gasteiger partial charge >= 0.3 is 35.8 Å². The van der Waals surface area contributed by atoms with E-state index in [1.54, 1.807) is 22.6 Å². The summed E-state index contributed by atoms with van der Waals surface area (Å²) in [6.07, 6.45) is -14.2. The third-order valence-corrected chi connectivity index (χ3v) is 5.85. The van der Waals surface area contributed by atoms with E-state index in [4.69, 9.17) is 0 Å². The van der Waals surface area contributed by atoms with Crippen LogP contribution in [0.2, 0.25) is 0 Å². The number of halogens is 17. The Balaban J connectivity index is 3.28. The van der Waals surface area contributed by atoms with Crippen LogP contribution in [0.15, 0.2) is 12.1 Å². The van der Waals surface area contributed by atoms with Crippen LogP contribution in [0, 0.1) is 10.7 Å². The van der Waals surface area contributed by atoms with Crippen LogP contribution in [0.3, 0.4) is 0 Å². The van der Waals surface area contributed by atoms with E-state index in [1.807, 2.05) is 0 Å². The van der Waals surface area contributed by atoms with Gasteiger partial charge in [0.25, 0.3) is 0 Å². The summed E-state index contributed by atoms with van der Waals surface area (Å²) in [6, 6.07) is 2.57. The van der Waals surface area contributed by atoms with Crippen molar-refractivity contribution in [2.75, 3.05) is 0 Å². The van der Waals surface area contributed by atoms with Gasteiger partial charge in [0, 0.05) is 3.57 Å². The van der Waals surface area contributed by atoms with Crippen LogP contribution in [-0.2, 0) is 0 Å². The Morgan fingerprint density at radius 3 is 1.41 bits per heavy atom. The molecule has 0 fully saturated rings. The third-order valence-electron chi connectivity index (χ3n) is 3.62. The first-order valence-corrected chi connectivity index (χ1v) is 10.6. The minimum absolute atomic E-state index is 0.0262. The number of alkyl halides is 14. The van der Waals surface area contributed by atoms with Gasteiger partial charge in [-0.1, -0.05) is 0 Å². The maximum absolute atomic E-state index is 13.9. The molecule has 32 heavy (non-hydrogen) atoms. The Hall–Kier alpha value is 0.230. The molecule has 0 heterocycles. The van der Waals surface area contributed by atoms with E-state index in [9.17, 15) is 61.5 Å². The maximum atomic E-state index is 13.9. The van der Waals surface area contributed by atoms with E-state index in [-0.39, 0.29) is 7.14 Å². The highest BCUT2D eigenvalue weighted by atomic mass is 127. The van der Waals surface area contributed by atoms with E-state index >= 15 is 0 Å². The Kier molecular flexibility index (Phi) is 8.85. The van der Waals surface area contributed by atoms with Crippen LogP contribution >= 0.6 is 67.8 Å². The van der Waals surface area contributed by atoms with Gasteiger partial charge in [0.1, 0.15) is 5.75 Å². The van der Waals surface area contributed by atoms with Crippen LogP contribution in [-0.4, -0.2) is 42.1 Å². The van der Waals surface area contributed by atoms with Crippen molar-refractivity contribution in [2.45, 2.75) is 48.6 Å². The standard InChI is InChI=1S/C14H5F14I3O/c15-7(32-8-5(30)1-4(29)2-6(8)31)3-9(16,17)10(18,19)11(20,21)12(22,23)13(24,25)14(26,27)28/h1-2,7H,3H2. The zero-order valence-electron chi connectivity index (χ0n) is 14.3. The SMILES string of the molecule is FC(CC(F)(F)C(F)(F)C(F)(F)C(F)(F)C(F)(F)C(F)(F)F)Oc1c(I)cc(I)cc1I. The Morgan fingerprint density at radius 1 is 0.656 bits per heavy atom. The highest BCUT2D eigenvalue weighted by Gasteiger charge is 2.90. The lowest BCUT2D eigenvalue weighted by Crippen LogP contribution is -2.70. The summed E-state index contributed by atoms with van der Waals surface area (Å²) >= 11 is 4.75. The molecular weight excluding hydrogens is 831 g/mol. The zero-order chi connectivity index (χ0) is 25.7. The van der Waals surface area contributed by atoms with Crippen molar-refractivity contribution in [1.82, 2.24) is 0 Å². The van der Waals surface area contributed by atoms with Gasteiger partial charge in [0.15, 0.2) is 0 Å². The van der Waals surface area contributed by atoms with Crippen molar-refractivity contribution < 1.29 is 66.2 Å². The molecule has 0 saturated heterocycles. The summed E-state index contributed by atoms with van der Waals surface area (Å²) < 4.78 is 188. The molecule has 1 nitrogen and oxygen atoms in total. The molecule has 18 heteroatoms. The summed E-state index contributed by atoms with van der Waals surface area (Å²) in [6.45, 7) is 0. The second-order valence-electron chi connectivity index (χ2n) is 5.93. The Morgan fingerprint density at radius 2 is 1.03 bits per heavy atom. The van der Waals surface area contributed by atoms with Gasteiger partial charge < -0.3 is 4.74 Å². The molecule has 0 N–H and O–H groups in total. The van der Waals surface area contributed by atoms with Crippen molar-refractivity contribution in [3.05, 3.63) is 22.8 Å². The first kappa shape index (κ1) is 30.3. The van der Waals surface area contributed by atoms with Crippen LogP contribution in [0.4, 0.5) is 61.5 Å². The molecule has 1 aromatic rings. The minimum atomic E-state index is -8.03. The molecule has 186 valence electrons. The van der Waals surface area contributed by atoms with E-state index in [0.717, 1.165) is 0 Å². The molecule has 1 aromatic carbocycles. The lowest BCUT2D eigenvalue weighted by Gasteiger charge is -2.39. The predicted molar refractivity (Wildman–Crippen MR) is 106 cm³/mol. The predicted octanol–water partition coefficient (Wildman–Crippen LogP) is 8.30. The molecule has 1 unspecified atom stereocenters. The quantitative estimate of drug-likeness (QED) is 0.189. The Bertz CT molecular complexity index is 815. The van der Waals surface area contributed by atoms with Crippen molar-refractivity contribution in [2.24, 2.45) is 0 Å². The average Bonchev–Trinajstić information content (AvgIpc) is 2.55. The topological polar surface area (TPSA) is 9.23 Å². The van der Waals surface area contributed by atoms with Crippen LogP contribution in [0.25, 0.3) is 0 Å². The number of hydrogen-bond donors (Lipinski definition) is 0. The fraction of sp³-hybridized carbons (Fsp3) is 0.571. The molecule has 0 radical (unpaired) electrons. The first-order chi connectivity index (χ1) is 13.9. The number of benzene rings is 1. The molecule has 0 spiro atoms. The van der Waals surface area contributed by atoms with E-state index in [1.165, 1.54) is 57.3 Å². The molecule has 1 rings (SSSR count). The largest absolute Gasteiger partial charge is 0.460 e. The van der Waals surface area contributed by atoms with Gasteiger partial charge in [0.05, 0.1) is 13.6 Å². The molecule has 0 amide bonds. The minimum Gasteiger partial charge on any atom is -0.458 e. The summed E-state index contributed by atoms with van der Waals surface area (Å²) in [5, 5.41) is 0. The summed E-state index contributed by atoms with van der Waals surface area (Å²) in [4.78, 5) is 0. The lowest BCUT2D eigenvalue weighted by atomic mass is 9.92. The second-order valence-corrected chi connectivity index (χ2v) is 9.50. The number of rotatable bonds is 8. The summed E-state index contributed by atoms with van der Waals surface area (Å²) in [5.41, 5.74) is 0. The second kappa shape index (κ2) is 9.36. The highest BCUT2D eigenvalue weighted by Crippen LogP contribution is 2.60. The number of hydrogen-bond acceptors (Lipinski definition) is 1. The van der Waals surface area contributed by atoms with Crippen LogP contribution in [0.5, 0.6) is 5.75 Å². The normalized spacial score (nSPS) is 15.7. The monoisotopic (exact) mass is 836 g/mol. The van der Waals surface area contributed by atoms with Crippen molar-refractivity contribution in [3.63, 3.8) is 0 Å². The van der Waals surface area contributed by atoms with Crippen molar-refractivity contribution in [1.29, 1.82) is 0 Å². The zero-order valence-corrected chi connectivity index (χ0v) is 20.7. The van der Waals surface area contributed by atoms with Gasteiger partial charge in [-0.3, -0.25) is 0 Å². The van der Waals surface area contributed by atoms with Crippen molar-refractivity contribution >= 4 is 67.8 Å². The number of ether oxygens (including phenoxy) is 1. The molecule has 0 aromatic heterocycles. The molecular formula is C14H5F14I3O. The molecule has 0 saturated carbocycles. The van der Waals surface area contributed by atoms with E-state index < -0.39 is 54.3 Å². The molecule has 0 aliphatic carbocycles. The van der Waals surface area contributed by atoms with Crippen LogP contribution in [0.1, 0.15) is 6.42 Å². The van der Waals surface area contributed by atoms with Gasteiger partial charge in [-0.2, -0.15) is 57.1 Å². The van der Waals surface area contributed by atoms with Gasteiger partial charge in [0.2, 0.25) is 6.36 Å².